The highest BCUT2D eigenvalue weighted by Gasteiger charge is 2.56. The predicted molar refractivity (Wildman–Crippen MR) is 103 cm³/mol. The highest BCUT2D eigenvalue weighted by atomic mass is 16.6. The number of hydrogen-bond acceptors (Lipinski definition) is 6. The molecule has 154 valence electrons. The van der Waals surface area contributed by atoms with Crippen LogP contribution in [0.5, 0.6) is 11.5 Å². The summed E-state index contributed by atoms with van der Waals surface area (Å²) in [4.78, 5) is 27.2. The minimum absolute atomic E-state index is 0.254. The molecular formula is C21H29NO6. The summed E-state index contributed by atoms with van der Waals surface area (Å²) in [6, 6.07) is 5.66. The molecule has 0 radical (unpaired) electrons. The number of likely N-dealkylation sites (tertiary alicyclic amines) is 1. The Hall–Kier alpha value is -2.44. The van der Waals surface area contributed by atoms with Crippen LogP contribution in [0.25, 0.3) is 0 Å². The molecule has 28 heavy (non-hydrogen) atoms. The smallest absolute Gasteiger partial charge is 0.410 e. The van der Waals surface area contributed by atoms with E-state index < -0.39 is 23.0 Å². The highest BCUT2D eigenvalue weighted by molar-refractivity contribution is 5.79. The van der Waals surface area contributed by atoms with Crippen LogP contribution in [0.1, 0.15) is 39.7 Å². The Morgan fingerprint density at radius 2 is 2.07 bits per heavy atom. The number of fused-ring (bicyclic) bond motifs is 2. The van der Waals surface area contributed by atoms with Crippen molar-refractivity contribution in [3.05, 3.63) is 23.8 Å². The Kier molecular flexibility index (Phi) is 5.46. The number of rotatable bonds is 3. The van der Waals surface area contributed by atoms with E-state index in [0.717, 1.165) is 5.56 Å². The Labute approximate surface area is 165 Å². The van der Waals surface area contributed by atoms with Crippen LogP contribution in [0.15, 0.2) is 18.2 Å². The average Bonchev–Trinajstić information content (AvgIpc) is 3.01. The molecule has 2 atom stereocenters. The van der Waals surface area contributed by atoms with E-state index in [2.05, 4.69) is 0 Å². The molecule has 0 N–H and O–H groups in total. The number of hydrogen-bond donors (Lipinski definition) is 0. The summed E-state index contributed by atoms with van der Waals surface area (Å²) in [6.45, 7) is 8.62. The molecule has 1 spiro atoms. The quantitative estimate of drug-likeness (QED) is 0.737. The molecule has 1 aromatic rings. The molecular weight excluding hydrogens is 362 g/mol. The van der Waals surface area contributed by atoms with E-state index in [0.29, 0.717) is 37.7 Å². The van der Waals surface area contributed by atoms with Gasteiger partial charge in [0.25, 0.3) is 0 Å². The van der Waals surface area contributed by atoms with Gasteiger partial charge in [-0.15, -0.1) is 0 Å². The molecule has 2 unspecified atom stereocenters. The Bertz CT molecular complexity index is 756. The van der Waals surface area contributed by atoms with Crippen LogP contribution < -0.4 is 9.47 Å². The first-order valence-electron chi connectivity index (χ1n) is 9.66. The first-order valence-corrected chi connectivity index (χ1v) is 9.66. The second kappa shape index (κ2) is 7.53. The van der Waals surface area contributed by atoms with Crippen LogP contribution in [-0.4, -0.2) is 56.0 Å². The third kappa shape index (κ3) is 3.62. The molecule has 0 bridgehead atoms. The number of methoxy groups -OCH3 is 1. The largest absolute Gasteiger partial charge is 0.493 e. The minimum Gasteiger partial charge on any atom is -0.493 e. The molecule has 0 saturated carbocycles. The molecule has 7 heteroatoms. The van der Waals surface area contributed by atoms with E-state index in [9.17, 15) is 9.59 Å². The maximum absolute atomic E-state index is 12.9. The fourth-order valence-electron chi connectivity index (χ4n) is 4.13. The van der Waals surface area contributed by atoms with Crippen molar-refractivity contribution in [1.29, 1.82) is 0 Å². The van der Waals surface area contributed by atoms with Gasteiger partial charge in [0.1, 0.15) is 5.60 Å². The lowest BCUT2D eigenvalue weighted by atomic mass is 9.69. The third-order valence-corrected chi connectivity index (χ3v) is 5.30. The van der Waals surface area contributed by atoms with Crippen molar-refractivity contribution in [3.63, 3.8) is 0 Å². The van der Waals surface area contributed by atoms with Gasteiger partial charge in [-0.3, -0.25) is 4.79 Å². The first kappa shape index (κ1) is 20.3. The maximum Gasteiger partial charge on any atom is 0.410 e. The number of nitrogens with zero attached hydrogens (tertiary/aromatic N) is 1. The van der Waals surface area contributed by atoms with Gasteiger partial charge in [-0.1, -0.05) is 12.1 Å². The number of carbonyl (C=O) groups excluding carboxylic acids is 2. The number of ether oxygens (including phenoxy) is 4. The van der Waals surface area contributed by atoms with E-state index >= 15 is 0 Å². The fraction of sp³-hybridized carbons (Fsp3) is 0.619. The van der Waals surface area contributed by atoms with E-state index in [4.69, 9.17) is 18.9 Å². The van der Waals surface area contributed by atoms with E-state index in [1.807, 2.05) is 39.0 Å². The van der Waals surface area contributed by atoms with Crippen molar-refractivity contribution < 1.29 is 28.5 Å². The van der Waals surface area contributed by atoms with Gasteiger partial charge in [-0.25, -0.2) is 4.79 Å². The van der Waals surface area contributed by atoms with Gasteiger partial charge >= 0.3 is 12.1 Å². The molecule has 1 saturated heterocycles. The number of carbonyl (C=O) groups is 2. The summed E-state index contributed by atoms with van der Waals surface area (Å²) in [6.07, 6.45) is 0.185. The van der Waals surface area contributed by atoms with Crippen molar-refractivity contribution in [3.8, 4) is 11.5 Å². The zero-order valence-corrected chi connectivity index (χ0v) is 17.2. The molecule has 2 heterocycles. The molecule has 2 aliphatic rings. The van der Waals surface area contributed by atoms with Crippen LogP contribution >= 0.6 is 0 Å². The molecule has 0 aliphatic carbocycles. The van der Waals surface area contributed by atoms with E-state index in [1.54, 1.807) is 18.9 Å². The minimum atomic E-state index is -0.608. The van der Waals surface area contributed by atoms with Crippen molar-refractivity contribution in [2.75, 3.05) is 33.4 Å². The van der Waals surface area contributed by atoms with Crippen LogP contribution in [0.4, 0.5) is 4.79 Å². The molecule has 0 aromatic heterocycles. The standard InChI is InChI=1S/C21H29NO6/c1-6-26-18(23)15-12-22(19(24)28-20(2,3)4)13-21(15)10-11-27-17-14(21)8-7-9-16(17)25-5/h7-9,15H,6,10-13H2,1-5H3. The number of para-hydroxylation sites is 1. The number of esters is 1. The zero-order chi connectivity index (χ0) is 20.5. The van der Waals surface area contributed by atoms with Gasteiger partial charge < -0.3 is 23.8 Å². The molecule has 1 fully saturated rings. The van der Waals surface area contributed by atoms with Crippen molar-refractivity contribution in [2.45, 2.75) is 45.1 Å². The second-order valence-corrected chi connectivity index (χ2v) is 8.26. The molecule has 1 aromatic carbocycles. The lowest BCUT2D eigenvalue weighted by Gasteiger charge is -2.39. The second-order valence-electron chi connectivity index (χ2n) is 8.26. The molecule has 2 aliphatic heterocycles. The monoisotopic (exact) mass is 391 g/mol. The average molecular weight is 391 g/mol. The SMILES string of the molecule is CCOC(=O)C1CN(C(=O)OC(C)(C)C)CC12CCOc1c(OC)cccc12. The lowest BCUT2D eigenvalue weighted by Crippen LogP contribution is -2.44. The van der Waals surface area contributed by atoms with Gasteiger partial charge in [0.05, 0.1) is 26.2 Å². The van der Waals surface area contributed by atoms with Crippen molar-refractivity contribution >= 4 is 12.1 Å². The summed E-state index contributed by atoms with van der Waals surface area (Å²) in [5, 5.41) is 0. The van der Waals surface area contributed by atoms with Gasteiger partial charge in [0.2, 0.25) is 0 Å². The number of benzene rings is 1. The summed E-state index contributed by atoms with van der Waals surface area (Å²) in [5.41, 5.74) is -0.323. The van der Waals surface area contributed by atoms with E-state index in [1.165, 1.54) is 0 Å². The van der Waals surface area contributed by atoms with Gasteiger partial charge in [-0.2, -0.15) is 0 Å². The van der Waals surface area contributed by atoms with Crippen molar-refractivity contribution in [1.82, 2.24) is 4.90 Å². The number of amides is 1. The Morgan fingerprint density at radius 3 is 2.71 bits per heavy atom. The molecule has 1 amide bonds. The Balaban J connectivity index is 2.02. The topological polar surface area (TPSA) is 74.3 Å². The predicted octanol–water partition coefficient (Wildman–Crippen LogP) is 3.15. The summed E-state index contributed by atoms with van der Waals surface area (Å²) >= 11 is 0. The van der Waals surface area contributed by atoms with Crippen molar-refractivity contribution in [2.24, 2.45) is 5.92 Å². The van der Waals surface area contributed by atoms with Crippen LogP contribution in [0.3, 0.4) is 0 Å². The summed E-state index contributed by atoms with van der Waals surface area (Å²) < 4.78 is 22.3. The fourth-order valence-corrected chi connectivity index (χ4v) is 4.13. The van der Waals surface area contributed by atoms with Gasteiger partial charge in [-0.05, 0) is 40.2 Å². The lowest BCUT2D eigenvalue weighted by molar-refractivity contribution is -0.149. The first-order chi connectivity index (χ1) is 13.2. The highest BCUT2D eigenvalue weighted by Crippen LogP contribution is 2.51. The normalized spacial score (nSPS) is 23.8. The summed E-state index contributed by atoms with van der Waals surface area (Å²) in [5.74, 6) is 0.463. The summed E-state index contributed by atoms with van der Waals surface area (Å²) in [7, 11) is 1.59. The van der Waals surface area contributed by atoms with Gasteiger partial charge in [0.15, 0.2) is 11.5 Å². The molecule has 7 nitrogen and oxygen atoms in total. The van der Waals surface area contributed by atoms with Crippen LogP contribution in [-0.2, 0) is 19.7 Å². The maximum atomic E-state index is 12.9. The molecule has 3 rings (SSSR count). The Morgan fingerprint density at radius 1 is 1.32 bits per heavy atom. The zero-order valence-electron chi connectivity index (χ0n) is 17.2. The van der Waals surface area contributed by atoms with Crippen LogP contribution in [0, 0.1) is 5.92 Å². The van der Waals surface area contributed by atoms with E-state index in [-0.39, 0.29) is 12.5 Å². The van der Waals surface area contributed by atoms with Gasteiger partial charge in [0, 0.05) is 24.1 Å². The third-order valence-electron chi connectivity index (χ3n) is 5.30. The van der Waals surface area contributed by atoms with Crippen LogP contribution in [0.2, 0.25) is 0 Å².